The molecule has 192 valence electrons. The van der Waals surface area contributed by atoms with Crippen LogP contribution in [0.4, 0.5) is 24.7 Å². The third-order valence-electron chi connectivity index (χ3n) is 7.23. The second-order valence-corrected chi connectivity index (χ2v) is 9.87. The van der Waals surface area contributed by atoms with Crippen molar-refractivity contribution in [3.05, 3.63) is 53.7 Å². The average Bonchev–Trinajstić information content (AvgIpc) is 2.85. The van der Waals surface area contributed by atoms with E-state index in [0.29, 0.717) is 18.1 Å². The molecular formula is C27H37F3N4O. The van der Waals surface area contributed by atoms with Crippen LogP contribution in [0.25, 0.3) is 0 Å². The van der Waals surface area contributed by atoms with E-state index < -0.39 is 11.7 Å². The van der Waals surface area contributed by atoms with E-state index >= 15 is 0 Å². The van der Waals surface area contributed by atoms with Gasteiger partial charge in [-0.1, -0.05) is 12.8 Å². The molecule has 4 rings (SSSR count). The number of hydrogen-bond acceptors (Lipinski definition) is 5. The van der Waals surface area contributed by atoms with Crippen molar-refractivity contribution in [3.63, 3.8) is 0 Å². The van der Waals surface area contributed by atoms with Crippen LogP contribution in [-0.4, -0.2) is 47.9 Å². The molecule has 2 aromatic rings. The third kappa shape index (κ3) is 7.34. The van der Waals surface area contributed by atoms with Crippen LogP contribution in [0.5, 0.6) is 0 Å². The lowest BCUT2D eigenvalue weighted by molar-refractivity contribution is -0.137. The fourth-order valence-electron chi connectivity index (χ4n) is 5.35. The Morgan fingerprint density at radius 1 is 0.971 bits per heavy atom. The van der Waals surface area contributed by atoms with Crippen LogP contribution in [0, 0.1) is 0 Å². The summed E-state index contributed by atoms with van der Waals surface area (Å²) in [4.78, 5) is 6.74. The highest BCUT2D eigenvalue weighted by Gasteiger charge is 2.31. The lowest BCUT2D eigenvalue weighted by atomic mass is 9.89. The largest absolute Gasteiger partial charge is 0.416 e. The smallest absolute Gasteiger partial charge is 0.396 e. The van der Waals surface area contributed by atoms with E-state index in [1.165, 1.54) is 30.5 Å². The summed E-state index contributed by atoms with van der Waals surface area (Å²) in [6, 6.07) is 10.6. The highest BCUT2D eigenvalue weighted by atomic mass is 19.4. The molecular weight excluding hydrogens is 453 g/mol. The van der Waals surface area contributed by atoms with Crippen molar-refractivity contribution in [3.8, 4) is 0 Å². The first-order valence-electron chi connectivity index (χ1n) is 12.9. The van der Waals surface area contributed by atoms with Crippen LogP contribution in [0.2, 0.25) is 0 Å². The molecule has 35 heavy (non-hydrogen) atoms. The van der Waals surface area contributed by atoms with Crippen LogP contribution in [0.1, 0.15) is 62.5 Å². The Morgan fingerprint density at radius 3 is 2.49 bits per heavy atom. The molecule has 0 spiro atoms. The number of piperidine rings is 1. The SMILES string of the molecule is OCCCCc1ccnc(N[C@@H]2CCCC[C@H]2N[C@H]2CCCN(c3ccc(C(F)(F)F)cc3)C2)c1. The van der Waals surface area contributed by atoms with Crippen LogP contribution >= 0.6 is 0 Å². The van der Waals surface area contributed by atoms with Crippen molar-refractivity contribution in [1.29, 1.82) is 0 Å². The number of nitrogens with one attached hydrogen (secondary N) is 2. The number of halogens is 3. The monoisotopic (exact) mass is 490 g/mol. The molecule has 1 aromatic carbocycles. The number of aliphatic hydroxyl groups excluding tert-OH is 1. The maximum atomic E-state index is 12.9. The normalized spacial score (nSPS) is 23.3. The third-order valence-corrected chi connectivity index (χ3v) is 7.23. The fourth-order valence-corrected chi connectivity index (χ4v) is 5.35. The summed E-state index contributed by atoms with van der Waals surface area (Å²) in [5.41, 5.74) is 1.48. The van der Waals surface area contributed by atoms with Crippen LogP contribution in [-0.2, 0) is 12.6 Å². The van der Waals surface area contributed by atoms with E-state index in [0.717, 1.165) is 69.5 Å². The van der Waals surface area contributed by atoms with Gasteiger partial charge in [-0.25, -0.2) is 4.98 Å². The molecule has 1 saturated carbocycles. The number of unbranched alkanes of at least 4 members (excludes halogenated alkanes) is 1. The van der Waals surface area contributed by atoms with Gasteiger partial charge in [0.2, 0.25) is 0 Å². The molecule has 0 amide bonds. The summed E-state index contributed by atoms with van der Waals surface area (Å²) >= 11 is 0. The Kier molecular flexibility index (Phi) is 8.89. The number of aryl methyl sites for hydroxylation is 1. The van der Waals surface area contributed by atoms with Crippen LogP contribution in [0.3, 0.4) is 0 Å². The zero-order valence-electron chi connectivity index (χ0n) is 20.2. The zero-order valence-corrected chi connectivity index (χ0v) is 20.2. The van der Waals surface area contributed by atoms with E-state index in [4.69, 9.17) is 5.11 Å². The number of nitrogens with zero attached hydrogens (tertiary/aromatic N) is 2. The molecule has 2 fully saturated rings. The number of anilines is 2. The Morgan fingerprint density at radius 2 is 1.74 bits per heavy atom. The molecule has 5 nitrogen and oxygen atoms in total. The number of aliphatic hydroxyl groups is 1. The molecule has 0 bridgehead atoms. The van der Waals surface area contributed by atoms with Gasteiger partial charge in [0.05, 0.1) is 5.56 Å². The van der Waals surface area contributed by atoms with Crippen molar-refractivity contribution in [2.24, 2.45) is 0 Å². The number of rotatable bonds is 9. The number of pyridine rings is 1. The quantitative estimate of drug-likeness (QED) is 0.411. The molecule has 3 N–H and O–H groups in total. The Balaban J connectivity index is 1.35. The highest BCUT2D eigenvalue weighted by molar-refractivity contribution is 5.48. The zero-order chi connectivity index (χ0) is 24.7. The molecule has 0 radical (unpaired) electrons. The Bertz CT molecular complexity index is 921. The molecule has 3 atom stereocenters. The maximum absolute atomic E-state index is 12.9. The predicted octanol–water partition coefficient (Wildman–Crippen LogP) is 5.40. The molecule has 1 aliphatic carbocycles. The summed E-state index contributed by atoms with van der Waals surface area (Å²) < 4.78 is 38.8. The Labute approximate surface area is 206 Å². The fraction of sp³-hybridized carbons (Fsp3) is 0.593. The minimum atomic E-state index is -4.30. The summed E-state index contributed by atoms with van der Waals surface area (Å²) in [5.74, 6) is 0.903. The molecule has 1 aromatic heterocycles. The Hall–Kier alpha value is -2.32. The second-order valence-electron chi connectivity index (χ2n) is 9.87. The number of alkyl halides is 3. The predicted molar refractivity (Wildman–Crippen MR) is 134 cm³/mol. The van der Waals surface area contributed by atoms with Crippen LogP contribution < -0.4 is 15.5 Å². The van der Waals surface area contributed by atoms with Crippen molar-refractivity contribution >= 4 is 11.5 Å². The van der Waals surface area contributed by atoms with Crippen molar-refractivity contribution in [2.45, 2.75) is 82.1 Å². The maximum Gasteiger partial charge on any atom is 0.416 e. The lowest BCUT2D eigenvalue weighted by Crippen LogP contribution is -2.55. The number of benzene rings is 1. The van der Waals surface area contributed by atoms with Crippen molar-refractivity contribution in [2.75, 3.05) is 29.9 Å². The van der Waals surface area contributed by atoms with E-state index in [1.54, 1.807) is 12.1 Å². The minimum Gasteiger partial charge on any atom is -0.396 e. The van der Waals surface area contributed by atoms with Gasteiger partial charge in [0.15, 0.2) is 0 Å². The lowest BCUT2D eigenvalue weighted by Gasteiger charge is -2.40. The van der Waals surface area contributed by atoms with Gasteiger partial charge in [-0.2, -0.15) is 13.2 Å². The van der Waals surface area contributed by atoms with Gasteiger partial charge in [-0.3, -0.25) is 0 Å². The van der Waals surface area contributed by atoms with Gasteiger partial charge in [0.25, 0.3) is 0 Å². The average molecular weight is 491 g/mol. The van der Waals surface area contributed by atoms with Gasteiger partial charge < -0.3 is 20.6 Å². The molecule has 1 saturated heterocycles. The van der Waals surface area contributed by atoms with Gasteiger partial charge in [0, 0.05) is 49.7 Å². The second kappa shape index (κ2) is 12.1. The summed E-state index contributed by atoms with van der Waals surface area (Å²) in [7, 11) is 0. The van der Waals surface area contributed by atoms with Gasteiger partial charge >= 0.3 is 6.18 Å². The molecule has 2 heterocycles. The van der Waals surface area contributed by atoms with Gasteiger partial charge in [0.1, 0.15) is 5.82 Å². The van der Waals surface area contributed by atoms with E-state index in [1.807, 2.05) is 12.3 Å². The highest BCUT2D eigenvalue weighted by Crippen LogP contribution is 2.31. The van der Waals surface area contributed by atoms with Crippen LogP contribution in [0.15, 0.2) is 42.6 Å². The molecule has 1 aliphatic heterocycles. The van der Waals surface area contributed by atoms with Gasteiger partial charge in [-0.15, -0.1) is 0 Å². The minimum absolute atomic E-state index is 0.225. The first kappa shape index (κ1) is 25.8. The van der Waals surface area contributed by atoms with E-state index in [-0.39, 0.29) is 6.61 Å². The van der Waals surface area contributed by atoms with E-state index in [9.17, 15) is 13.2 Å². The first-order chi connectivity index (χ1) is 16.9. The molecule has 8 heteroatoms. The van der Waals surface area contributed by atoms with E-state index in [2.05, 4.69) is 26.6 Å². The van der Waals surface area contributed by atoms with Crippen molar-refractivity contribution < 1.29 is 18.3 Å². The first-order valence-corrected chi connectivity index (χ1v) is 12.9. The topological polar surface area (TPSA) is 60.4 Å². The summed E-state index contributed by atoms with van der Waals surface area (Å²) in [5, 5.41) is 16.6. The van der Waals surface area contributed by atoms with Gasteiger partial charge in [-0.05, 0) is 86.9 Å². The summed E-state index contributed by atoms with van der Waals surface area (Å²) in [6.07, 6.45) is 6.91. The summed E-state index contributed by atoms with van der Waals surface area (Å²) in [6.45, 7) is 1.89. The number of hydrogen-bond donors (Lipinski definition) is 3. The molecule has 0 unspecified atom stereocenters. The molecule has 2 aliphatic rings. The standard InChI is InChI=1S/C27H37F3N4O/c28-27(29,30)21-10-12-23(13-11-21)34-16-5-7-22(19-34)32-24-8-1-2-9-25(24)33-26-18-20(14-15-31-26)6-3-4-17-35/h10-15,18,22,24-25,32,35H,1-9,16-17,19H2,(H,31,33)/t22-,24+,25+/m0/s1. The van der Waals surface area contributed by atoms with Crippen molar-refractivity contribution in [1.82, 2.24) is 10.3 Å². The number of aromatic nitrogens is 1.